The van der Waals surface area contributed by atoms with E-state index in [9.17, 15) is 4.79 Å². The topological polar surface area (TPSA) is 35.5 Å². The lowest BCUT2D eigenvalue weighted by Crippen LogP contribution is -2.39. The van der Waals surface area contributed by atoms with Gasteiger partial charge < -0.3 is 14.0 Å². The van der Waals surface area contributed by atoms with E-state index in [2.05, 4.69) is 76.5 Å². The van der Waals surface area contributed by atoms with E-state index in [1.165, 1.54) is 88.2 Å². The van der Waals surface area contributed by atoms with E-state index >= 15 is 0 Å². The van der Waals surface area contributed by atoms with Crippen LogP contribution in [0.3, 0.4) is 0 Å². The maximum Gasteiger partial charge on any atom is 0.305 e. The van der Waals surface area contributed by atoms with Crippen molar-refractivity contribution in [3.05, 3.63) is 65.7 Å². The molecule has 0 heterocycles. The zero-order valence-corrected chi connectivity index (χ0v) is 27.6. The van der Waals surface area contributed by atoms with Crippen LogP contribution < -0.4 is 4.74 Å². The number of aryl methyl sites for hydroxylation is 1. The monoisotopic (exact) mass is 580 g/mol. The fourth-order valence-corrected chi connectivity index (χ4v) is 5.61. The Morgan fingerprint density at radius 1 is 0.738 bits per heavy atom. The molecule has 0 aliphatic rings. The lowest BCUT2D eigenvalue weighted by Gasteiger charge is -2.30. The van der Waals surface area contributed by atoms with Gasteiger partial charge in [0.25, 0.3) is 0 Å². The number of carbonyl (C=O) groups is 1. The van der Waals surface area contributed by atoms with E-state index < -0.39 is 0 Å². The lowest BCUT2D eigenvalue weighted by atomic mass is 10.0. The van der Waals surface area contributed by atoms with Crippen molar-refractivity contribution < 1.29 is 18.8 Å². The highest BCUT2D eigenvalue weighted by Crippen LogP contribution is 2.19. The van der Waals surface area contributed by atoms with Crippen molar-refractivity contribution in [1.82, 2.24) is 0 Å². The van der Waals surface area contributed by atoms with Crippen LogP contribution in [0, 0.1) is 0 Å². The van der Waals surface area contributed by atoms with Crippen LogP contribution in [0.2, 0.25) is 0 Å². The Labute approximate surface area is 258 Å². The lowest BCUT2D eigenvalue weighted by molar-refractivity contribution is -0.903. The first-order valence-electron chi connectivity index (χ1n) is 17.1. The normalized spacial score (nSPS) is 12.3. The predicted octanol–water partition coefficient (Wildman–Crippen LogP) is 10.1. The van der Waals surface area contributed by atoms with Crippen molar-refractivity contribution in [2.75, 3.05) is 27.2 Å². The molecule has 0 fully saturated rings. The quantitative estimate of drug-likeness (QED) is 0.0666. The summed E-state index contributed by atoms with van der Waals surface area (Å²) in [6.45, 7) is 6.80. The Bertz CT molecular complexity index is 942. The van der Waals surface area contributed by atoms with Gasteiger partial charge in [-0.05, 0) is 50.3 Å². The smallest absolute Gasteiger partial charge is 0.305 e. The summed E-state index contributed by atoms with van der Waals surface area (Å²) in [6.07, 6.45) is 20.8. The molecule has 0 N–H and O–H groups in total. The minimum absolute atomic E-state index is 0.00998. The summed E-state index contributed by atoms with van der Waals surface area (Å²) in [4.78, 5) is 12.2. The molecule has 0 radical (unpaired) electrons. The highest BCUT2D eigenvalue weighted by molar-refractivity contribution is 5.69. The SMILES string of the molecule is CCCCCCCCCCCCCCc1cccc(OC(C)CCOC(=O)CCCC[N+](C)(C)Cc2ccccc2)c1. The number of hydrogen-bond acceptors (Lipinski definition) is 3. The van der Waals surface area contributed by atoms with Crippen LogP contribution in [0.25, 0.3) is 0 Å². The number of esters is 1. The Kier molecular flexibility index (Phi) is 19.0. The second kappa shape index (κ2) is 22.2. The summed E-state index contributed by atoms with van der Waals surface area (Å²) in [7, 11) is 4.50. The van der Waals surface area contributed by atoms with Crippen molar-refractivity contribution in [2.24, 2.45) is 0 Å². The average molecular weight is 581 g/mol. The molecule has 236 valence electrons. The predicted molar refractivity (Wildman–Crippen MR) is 178 cm³/mol. The molecule has 0 aliphatic heterocycles. The summed E-state index contributed by atoms with van der Waals surface area (Å²) in [5.74, 6) is 0.821. The van der Waals surface area contributed by atoms with Crippen molar-refractivity contribution in [2.45, 2.75) is 136 Å². The molecule has 4 heteroatoms. The first kappa shape index (κ1) is 35.9. The maximum absolute atomic E-state index is 12.2. The van der Waals surface area contributed by atoms with Gasteiger partial charge in [0.1, 0.15) is 12.3 Å². The molecule has 0 spiro atoms. The Hall–Kier alpha value is -2.33. The molecule has 42 heavy (non-hydrogen) atoms. The van der Waals surface area contributed by atoms with Crippen LogP contribution in [-0.4, -0.2) is 43.8 Å². The summed E-state index contributed by atoms with van der Waals surface area (Å²) in [5, 5.41) is 0. The van der Waals surface area contributed by atoms with Gasteiger partial charge in [-0.3, -0.25) is 4.79 Å². The largest absolute Gasteiger partial charge is 0.491 e. The molecule has 2 aromatic carbocycles. The summed E-state index contributed by atoms with van der Waals surface area (Å²) in [5.41, 5.74) is 2.70. The van der Waals surface area contributed by atoms with Gasteiger partial charge in [0.05, 0.1) is 33.4 Å². The molecular formula is C38H62NO3+. The van der Waals surface area contributed by atoms with Crippen LogP contribution in [0.4, 0.5) is 0 Å². The molecule has 0 aromatic heterocycles. The van der Waals surface area contributed by atoms with Crippen LogP contribution in [0.15, 0.2) is 54.6 Å². The maximum atomic E-state index is 12.2. The van der Waals surface area contributed by atoms with E-state index in [1.807, 2.05) is 6.07 Å². The molecule has 0 bridgehead atoms. The third-order valence-corrected chi connectivity index (χ3v) is 8.19. The van der Waals surface area contributed by atoms with Crippen LogP contribution in [0.5, 0.6) is 5.75 Å². The van der Waals surface area contributed by atoms with Crippen molar-refractivity contribution in [3.63, 3.8) is 0 Å². The summed E-state index contributed by atoms with van der Waals surface area (Å²) >= 11 is 0. The van der Waals surface area contributed by atoms with Crippen molar-refractivity contribution in [3.8, 4) is 5.75 Å². The highest BCUT2D eigenvalue weighted by atomic mass is 16.5. The molecular weight excluding hydrogens is 518 g/mol. The standard InChI is InChI=1S/C38H62NO3/c1-5-6-7-8-9-10-11-12-13-14-15-17-23-35-26-22-27-37(32-35)42-34(2)29-31-41-38(40)28-20-21-30-39(3,4)33-36-24-18-16-19-25-36/h16,18-19,22,24-27,32,34H,5-15,17,20-21,23,28-31,33H2,1-4H3/q+1. The van der Waals surface area contributed by atoms with Gasteiger partial charge in [0.15, 0.2) is 0 Å². The molecule has 0 amide bonds. The van der Waals surface area contributed by atoms with E-state index in [-0.39, 0.29) is 12.1 Å². The third kappa shape index (κ3) is 18.3. The first-order valence-corrected chi connectivity index (χ1v) is 17.1. The zero-order valence-electron chi connectivity index (χ0n) is 27.6. The van der Waals surface area contributed by atoms with Crippen molar-refractivity contribution >= 4 is 5.97 Å². The van der Waals surface area contributed by atoms with E-state index in [1.54, 1.807) is 0 Å². The van der Waals surface area contributed by atoms with Gasteiger partial charge in [-0.2, -0.15) is 0 Å². The fourth-order valence-electron chi connectivity index (χ4n) is 5.61. The number of quaternary nitrogens is 1. The Balaban J connectivity index is 1.49. The third-order valence-electron chi connectivity index (χ3n) is 8.19. The molecule has 0 aliphatic carbocycles. The molecule has 2 aromatic rings. The van der Waals surface area contributed by atoms with Crippen LogP contribution in [-0.2, 0) is 22.5 Å². The minimum atomic E-state index is -0.0972. The zero-order chi connectivity index (χ0) is 30.3. The number of ether oxygens (including phenoxy) is 2. The first-order chi connectivity index (χ1) is 20.4. The number of nitrogens with zero attached hydrogens (tertiary/aromatic N) is 1. The number of unbranched alkanes of at least 4 members (excludes halogenated alkanes) is 12. The number of hydrogen-bond donors (Lipinski definition) is 0. The van der Waals surface area contributed by atoms with E-state index in [0.29, 0.717) is 19.4 Å². The second-order valence-electron chi connectivity index (χ2n) is 13.0. The summed E-state index contributed by atoms with van der Waals surface area (Å²) < 4.78 is 12.6. The number of carbonyl (C=O) groups excluding carboxylic acids is 1. The van der Waals surface area contributed by atoms with E-state index in [4.69, 9.17) is 9.47 Å². The van der Waals surface area contributed by atoms with Gasteiger partial charge in [-0.25, -0.2) is 0 Å². The number of benzene rings is 2. The molecule has 0 saturated heterocycles. The minimum Gasteiger partial charge on any atom is -0.491 e. The van der Waals surface area contributed by atoms with E-state index in [0.717, 1.165) is 42.6 Å². The molecule has 4 nitrogen and oxygen atoms in total. The molecule has 1 unspecified atom stereocenters. The molecule has 2 rings (SSSR count). The van der Waals surface area contributed by atoms with Gasteiger partial charge in [0.2, 0.25) is 0 Å². The Morgan fingerprint density at radius 3 is 2.02 bits per heavy atom. The summed E-state index contributed by atoms with van der Waals surface area (Å²) in [6, 6.07) is 19.1. The van der Waals surface area contributed by atoms with Crippen LogP contribution in [0.1, 0.15) is 128 Å². The second-order valence-corrected chi connectivity index (χ2v) is 13.0. The van der Waals surface area contributed by atoms with Crippen molar-refractivity contribution in [1.29, 1.82) is 0 Å². The van der Waals surface area contributed by atoms with Gasteiger partial charge >= 0.3 is 5.97 Å². The Morgan fingerprint density at radius 2 is 1.36 bits per heavy atom. The fraction of sp³-hybridized carbons (Fsp3) is 0.658. The number of rotatable bonds is 25. The average Bonchev–Trinajstić information content (AvgIpc) is 2.96. The van der Waals surface area contributed by atoms with Gasteiger partial charge in [-0.15, -0.1) is 0 Å². The van der Waals surface area contributed by atoms with Gasteiger partial charge in [-0.1, -0.05) is 120 Å². The molecule has 0 saturated carbocycles. The van der Waals surface area contributed by atoms with Crippen LogP contribution >= 0.6 is 0 Å². The molecule has 1 atom stereocenters. The highest BCUT2D eigenvalue weighted by Gasteiger charge is 2.16. The van der Waals surface area contributed by atoms with Gasteiger partial charge in [0, 0.05) is 18.4 Å².